The van der Waals surface area contributed by atoms with E-state index in [9.17, 15) is 8.42 Å². The fourth-order valence-electron chi connectivity index (χ4n) is 4.48. The Morgan fingerprint density at radius 3 is 2.34 bits per heavy atom. The fraction of sp³-hybridized carbons (Fsp3) is 0.600. The number of fused-ring (bicyclic) bond motifs is 2. The molecule has 0 radical (unpaired) electrons. The molecule has 1 aromatic heterocycles. The van der Waals surface area contributed by atoms with Gasteiger partial charge in [0.15, 0.2) is 0 Å². The first kappa shape index (κ1) is 20.6. The molecule has 2 saturated heterocycles. The van der Waals surface area contributed by atoms with Crippen molar-refractivity contribution in [2.45, 2.75) is 74.9 Å². The molecule has 2 aliphatic rings. The van der Waals surface area contributed by atoms with Crippen LogP contribution in [0.25, 0.3) is 0 Å². The Labute approximate surface area is 177 Å². The van der Waals surface area contributed by atoms with Crippen LogP contribution in [0.5, 0.6) is 5.75 Å². The Morgan fingerprint density at radius 2 is 1.79 bits per heavy atom. The van der Waals surface area contributed by atoms with Gasteiger partial charge in [0, 0.05) is 28.7 Å². The molecule has 2 aromatic rings. The number of ether oxygens (including phenoxy) is 1. The largest absolute Gasteiger partial charge is 0.495 e. The third kappa shape index (κ3) is 3.66. The lowest BCUT2D eigenvalue weighted by molar-refractivity contribution is 0.183. The maximum absolute atomic E-state index is 13.5. The summed E-state index contributed by atoms with van der Waals surface area (Å²) in [5.74, 6) is 0.321. The van der Waals surface area contributed by atoms with Crippen molar-refractivity contribution in [3.05, 3.63) is 35.1 Å². The quantitative estimate of drug-likeness (QED) is 0.725. The van der Waals surface area contributed by atoms with Gasteiger partial charge >= 0.3 is 0 Å². The summed E-state index contributed by atoms with van der Waals surface area (Å²) in [6.07, 6.45) is 5.17. The summed E-state index contributed by atoms with van der Waals surface area (Å²) in [7, 11) is -2.24. The summed E-state index contributed by atoms with van der Waals surface area (Å²) in [6.45, 7) is 6.33. The summed E-state index contributed by atoms with van der Waals surface area (Å²) < 4.78 is 35.9. The van der Waals surface area contributed by atoms with Gasteiger partial charge in [-0.3, -0.25) is 0 Å². The molecule has 1 aromatic carbocycles. The molecule has 2 unspecified atom stereocenters. The Hall–Kier alpha value is -1.64. The standard InChI is InChI=1S/C20H27ClN4O3S/c1-20(2,3)19-12-24(23-22-19)16-10-14-6-7-15(11-16)25(14)29(26,27)18-9-13(21)5-8-17(18)28-4/h5,8-9,12,14-16H,6-7,10-11H2,1-4H3. The molecule has 0 saturated carbocycles. The van der Waals surface area contributed by atoms with Crippen LogP contribution >= 0.6 is 11.6 Å². The van der Waals surface area contributed by atoms with Gasteiger partial charge in [0.1, 0.15) is 10.6 Å². The molecule has 2 aliphatic heterocycles. The summed E-state index contributed by atoms with van der Waals surface area (Å²) in [5, 5.41) is 9.06. The van der Waals surface area contributed by atoms with Crippen LogP contribution in [0.1, 0.15) is 58.2 Å². The molecule has 0 N–H and O–H groups in total. The van der Waals surface area contributed by atoms with Crippen LogP contribution in [0.4, 0.5) is 0 Å². The van der Waals surface area contributed by atoms with Gasteiger partial charge in [0.05, 0.1) is 18.8 Å². The zero-order chi connectivity index (χ0) is 21.0. The highest BCUT2D eigenvalue weighted by molar-refractivity contribution is 7.89. The average Bonchev–Trinajstić information content (AvgIpc) is 3.25. The predicted octanol–water partition coefficient (Wildman–Crippen LogP) is 3.79. The van der Waals surface area contributed by atoms with Gasteiger partial charge < -0.3 is 4.74 Å². The first-order chi connectivity index (χ1) is 13.6. The van der Waals surface area contributed by atoms with E-state index in [2.05, 4.69) is 31.1 Å². The molecule has 7 nitrogen and oxygen atoms in total. The smallest absolute Gasteiger partial charge is 0.247 e. The van der Waals surface area contributed by atoms with Gasteiger partial charge in [-0.2, -0.15) is 4.31 Å². The van der Waals surface area contributed by atoms with Crippen molar-refractivity contribution in [2.24, 2.45) is 0 Å². The Bertz CT molecular complexity index is 1000. The van der Waals surface area contributed by atoms with Gasteiger partial charge in [0.2, 0.25) is 10.0 Å². The van der Waals surface area contributed by atoms with Gasteiger partial charge in [0.25, 0.3) is 0 Å². The van der Waals surface area contributed by atoms with Crippen LogP contribution in [0.3, 0.4) is 0 Å². The number of benzene rings is 1. The number of nitrogens with zero attached hydrogens (tertiary/aromatic N) is 4. The summed E-state index contributed by atoms with van der Waals surface area (Å²) in [5.41, 5.74) is 0.883. The van der Waals surface area contributed by atoms with Crippen LogP contribution in [0.2, 0.25) is 5.02 Å². The lowest BCUT2D eigenvalue weighted by atomic mass is 9.93. The summed E-state index contributed by atoms with van der Waals surface area (Å²) in [6, 6.07) is 4.76. The minimum atomic E-state index is -3.71. The van der Waals surface area contributed by atoms with Gasteiger partial charge in [-0.1, -0.05) is 37.6 Å². The van der Waals surface area contributed by atoms with E-state index in [0.29, 0.717) is 10.8 Å². The van der Waals surface area contributed by atoms with Crippen LogP contribution in [-0.4, -0.2) is 46.9 Å². The van der Waals surface area contributed by atoms with Crippen molar-refractivity contribution < 1.29 is 13.2 Å². The normalized spacial score (nSPS) is 25.3. The number of piperidine rings is 1. The highest BCUT2D eigenvalue weighted by atomic mass is 35.5. The number of sulfonamides is 1. The van der Waals surface area contributed by atoms with Crippen molar-refractivity contribution in [3.8, 4) is 5.75 Å². The van der Waals surface area contributed by atoms with Crippen molar-refractivity contribution in [3.63, 3.8) is 0 Å². The van der Waals surface area contributed by atoms with Crippen LogP contribution in [-0.2, 0) is 15.4 Å². The number of aromatic nitrogens is 3. The minimum Gasteiger partial charge on any atom is -0.495 e. The molecule has 0 amide bonds. The number of rotatable bonds is 4. The van der Waals surface area contributed by atoms with E-state index in [4.69, 9.17) is 16.3 Å². The highest BCUT2D eigenvalue weighted by Crippen LogP contribution is 2.45. The van der Waals surface area contributed by atoms with Crippen molar-refractivity contribution in [2.75, 3.05) is 7.11 Å². The molecule has 158 valence electrons. The third-order valence-electron chi connectivity index (χ3n) is 5.98. The van der Waals surface area contributed by atoms with Gasteiger partial charge in [-0.05, 0) is 43.9 Å². The van der Waals surface area contributed by atoms with Crippen LogP contribution in [0, 0.1) is 0 Å². The number of halogens is 1. The average molecular weight is 439 g/mol. The molecule has 9 heteroatoms. The lowest BCUT2D eigenvalue weighted by Gasteiger charge is -2.37. The van der Waals surface area contributed by atoms with E-state index in [1.54, 1.807) is 16.4 Å². The maximum atomic E-state index is 13.5. The second-order valence-electron chi connectivity index (χ2n) is 8.97. The van der Waals surface area contributed by atoms with E-state index >= 15 is 0 Å². The summed E-state index contributed by atoms with van der Waals surface area (Å²) in [4.78, 5) is 0.138. The second kappa shape index (κ2) is 7.25. The number of methoxy groups -OCH3 is 1. The molecule has 2 atom stereocenters. The van der Waals surface area contributed by atoms with Crippen LogP contribution in [0.15, 0.2) is 29.3 Å². The van der Waals surface area contributed by atoms with Gasteiger partial charge in [-0.25, -0.2) is 13.1 Å². The molecule has 4 rings (SSSR count). The topological polar surface area (TPSA) is 77.3 Å². The van der Waals surface area contributed by atoms with E-state index in [1.807, 2.05) is 10.9 Å². The van der Waals surface area contributed by atoms with Crippen molar-refractivity contribution in [1.82, 2.24) is 19.3 Å². The van der Waals surface area contributed by atoms with Crippen molar-refractivity contribution >= 4 is 21.6 Å². The third-order valence-corrected chi connectivity index (χ3v) is 8.24. The molecule has 2 bridgehead atoms. The fourth-order valence-corrected chi connectivity index (χ4v) is 6.79. The van der Waals surface area contributed by atoms with Gasteiger partial charge in [-0.15, -0.1) is 5.10 Å². The number of hydrogen-bond acceptors (Lipinski definition) is 5. The van der Waals surface area contributed by atoms with Crippen molar-refractivity contribution in [1.29, 1.82) is 0 Å². The minimum absolute atomic E-state index is 0.0604. The number of hydrogen-bond donors (Lipinski definition) is 0. The summed E-state index contributed by atoms with van der Waals surface area (Å²) >= 11 is 6.09. The van der Waals surface area contributed by atoms with Crippen LogP contribution < -0.4 is 4.74 Å². The lowest BCUT2D eigenvalue weighted by Crippen LogP contribution is -2.47. The van der Waals surface area contributed by atoms with E-state index in [1.165, 1.54) is 13.2 Å². The molecular weight excluding hydrogens is 412 g/mol. The molecule has 0 spiro atoms. The molecule has 2 fully saturated rings. The van der Waals surface area contributed by atoms with E-state index < -0.39 is 10.0 Å². The first-order valence-corrected chi connectivity index (χ1v) is 11.7. The Morgan fingerprint density at radius 1 is 1.14 bits per heavy atom. The monoisotopic (exact) mass is 438 g/mol. The first-order valence-electron chi connectivity index (χ1n) is 9.90. The zero-order valence-electron chi connectivity index (χ0n) is 17.2. The van der Waals surface area contributed by atoms with E-state index in [0.717, 1.165) is 31.4 Å². The second-order valence-corrected chi connectivity index (χ2v) is 11.2. The molecule has 29 heavy (non-hydrogen) atoms. The van der Waals surface area contributed by atoms with E-state index in [-0.39, 0.29) is 28.4 Å². The zero-order valence-corrected chi connectivity index (χ0v) is 18.7. The highest BCUT2D eigenvalue weighted by Gasteiger charge is 2.48. The Balaban J connectivity index is 1.62. The maximum Gasteiger partial charge on any atom is 0.247 e. The molecule has 3 heterocycles. The predicted molar refractivity (Wildman–Crippen MR) is 111 cm³/mol. The Kier molecular flexibility index (Phi) is 5.16. The molecular formula is C20H27ClN4O3S. The SMILES string of the molecule is COc1ccc(Cl)cc1S(=O)(=O)N1C2CCC1CC(n1cc(C(C)(C)C)nn1)C2. The molecule has 0 aliphatic carbocycles.